The number of hydrogen-bond donors (Lipinski definition) is 1. The Morgan fingerprint density at radius 2 is 2.00 bits per heavy atom. The van der Waals surface area contributed by atoms with Crippen molar-refractivity contribution in [2.24, 2.45) is 10.8 Å². The molecule has 0 unspecified atom stereocenters. The molecule has 4 heteroatoms. The molecule has 3 rings (SSSR count). The topological polar surface area (TPSA) is 55.8 Å². The molecular weight excluding hydrogens is 232 g/mol. The second-order valence-corrected chi connectivity index (χ2v) is 6.95. The molecule has 2 aliphatic carbocycles. The van der Waals surface area contributed by atoms with Crippen LogP contribution in [0.1, 0.15) is 52.9 Å². The number of carbonyl (C=O) groups excluding carboxylic acids is 1. The Hall–Kier alpha value is -0.450. The Morgan fingerprint density at radius 3 is 2.72 bits per heavy atom. The van der Waals surface area contributed by atoms with Crippen LogP contribution in [-0.2, 0) is 14.6 Å². The van der Waals surface area contributed by atoms with Gasteiger partial charge in [0, 0.05) is 11.8 Å². The highest BCUT2D eigenvalue weighted by Gasteiger charge is 2.68. The van der Waals surface area contributed by atoms with Gasteiger partial charge in [0.1, 0.15) is 6.10 Å². The lowest BCUT2D eigenvalue weighted by atomic mass is 9.45. The summed E-state index contributed by atoms with van der Waals surface area (Å²) < 4.78 is 0. The number of Topliss-reactive ketones (excluding diaryl/α,β-unsaturated/α-hetero) is 1. The highest BCUT2D eigenvalue weighted by molar-refractivity contribution is 5.89. The summed E-state index contributed by atoms with van der Waals surface area (Å²) >= 11 is 0. The molecule has 0 radical (unpaired) electrons. The first-order chi connectivity index (χ1) is 8.32. The molecule has 0 aromatic rings. The lowest BCUT2D eigenvalue weighted by Gasteiger charge is -2.64. The third kappa shape index (κ3) is 1.29. The van der Waals surface area contributed by atoms with Gasteiger partial charge in [-0.3, -0.25) is 4.79 Å². The lowest BCUT2D eigenvalue weighted by molar-refractivity contribution is -0.456. The fourth-order valence-corrected chi connectivity index (χ4v) is 4.41. The van der Waals surface area contributed by atoms with E-state index in [1.165, 1.54) is 0 Å². The average molecular weight is 254 g/mol. The van der Waals surface area contributed by atoms with Crippen LogP contribution >= 0.6 is 0 Å². The van der Waals surface area contributed by atoms with Crippen LogP contribution in [0.3, 0.4) is 0 Å². The Balaban J connectivity index is 2.09. The predicted octanol–water partition coefficient (Wildman–Crippen LogP) is 2.00. The van der Waals surface area contributed by atoms with Crippen LogP contribution in [0, 0.1) is 10.8 Å². The Labute approximate surface area is 108 Å². The predicted molar refractivity (Wildman–Crippen MR) is 64.7 cm³/mol. The summed E-state index contributed by atoms with van der Waals surface area (Å²) in [4.78, 5) is 23.2. The summed E-state index contributed by atoms with van der Waals surface area (Å²) in [5.41, 5.74) is -0.999. The van der Waals surface area contributed by atoms with Crippen molar-refractivity contribution < 1.29 is 19.7 Å². The van der Waals surface area contributed by atoms with Crippen molar-refractivity contribution in [3.63, 3.8) is 0 Å². The molecule has 0 aromatic carbocycles. The lowest BCUT2D eigenvalue weighted by Crippen LogP contribution is -2.69. The van der Waals surface area contributed by atoms with Crippen molar-refractivity contribution in [1.82, 2.24) is 0 Å². The molecule has 3 aliphatic rings. The van der Waals surface area contributed by atoms with E-state index >= 15 is 0 Å². The van der Waals surface area contributed by atoms with Gasteiger partial charge in [-0.15, -0.1) is 0 Å². The van der Waals surface area contributed by atoms with Crippen molar-refractivity contribution in [3.8, 4) is 0 Å². The Bertz CT molecular complexity index is 391. The first-order valence-electron chi connectivity index (χ1n) is 6.88. The Morgan fingerprint density at radius 1 is 1.28 bits per heavy atom. The van der Waals surface area contributed by atoms with Crippen LogP contribution in [0.15, 0.2) is 0 Å². The number of ketones is 1. The summed E-state index contributed by atoms with van der Waals surface area (Å²) in [5.74, 6) is 0.150. The maximum atomic E-state index is 12.3. The molecule has 102 valence electrons. The molecule has 2 saturated carbocycles. The van der Waals surface area contributed by atoms with E-state index in [-0.39, 0.29) is 22.7 Å². The second kappa shape index (κ2) is 3.56. The maximum absolute atomic E-state index is 12.3. The third-order valence-corrected chi connectivity index (χ3v) is 5.90. The van der Waals surface area contributed by atoms with Gasteiger partial charge in [0.15, 0.2) is 11.4 Å². The SMILES string of the molecule is CC1(C)CCC(=O)[C@@]2(C)OO[C@@H]3C[C@]12CC[C@@H]3O. The number of hydrogen-bond acceptors (Lipinski definition) is 4. The largest absolute Gasteiger partial charge is 0.390 e. The molecule has 1 N–H and O–H groups in total. The van der Waals surface area contributed by atoms with Gasteiger partial charge in [-0.05, 0) is 38.0 Å². The van der Waals surface area contributed by atoms with Crippen LogP contribution in [0.5, 0.6) is 0 Å². The summed E-state index contributed by atoms with van der Waals surface area (Å²) in [7, 11) is 0. The van der Waals surface area contributed by atoms with Crippen molar-refractivity contribution in [3.05, 3.63) is 0 Å². The molecule has 2 bridgehead atoms. The monoisotopic (exact) mass is 254 g/mol. The normalized spacial score (nSPS) is 50.8. The Kier molecular flexibility index (Phi) is 2.48. The summed E-state index contributed by atoms with van der Waals surface area (Å²) in [6, 6.07) is 0. The molecule has 4 nitrogen and oxygen atoms in total. The van der Waals surface area contributed by atoms with Crippen LogP contribution < -0.4 is 0 Å². The van der Waals surface area contributed by atoms with Gasteiger partial charge < -0.3 is 5.11 Å². The molecule has 1 aliphatic heterocycles. The van der Waals surface area contributed by atoms with E-state index in [0.717, 1.165) is 19.3 Å². The standard InChI is InChI=1S/C14H22O4/c1-12(2)6-5-11(16)13(3)14(12)7-4-9(15)10(8-14)17-18-13/h9-10,15H,4-8H2,1-3H3/t9-,10+,13+,14+/m0/s1. The quantitative estimate of drug-likeness (QED) is 0.672. The van der Waals surface area contributed by atoms with E-state index in [2.05, 4.69) is 13.8 Å². The summed E-state index contributed by atoms with van der Waals surface area (Å²) in [6.07, 6.45) is 2.97. The molecule has 1 spiro atoms. The first-order valence-corrected chi connectivity index (χ1v) is 6.88. The molecule has 1 heterocycles. The van der Waals surface area contributed by atoms with Crippen LogP contribution in [0.4, 0.5) is 0 Å². The zero-order chi connectivity index (χ0) is 13.2. The molecule has 4 atom stereocenters. The van der Waals surface area contributed by atoms with Crippen LogP contribution in [0.25, 0.3) is 0 Å². The maximum Gasteiger partial charge on any atom is 0.168 e. The minimum absolute atomic E-state index is 0.0395. The summed E-state index contributed by atoms with van der Waals surface area (Å²) in [5, 5.41) is 9.94. The van der Waals surface area contributed by atoms with Crippen LogP contribution in [0.2, 0.25) is 0 Å². The van der Waals surface area contributed by atoms with Crippen molar-refractivity contribution in [1.29, 1.82) is 0 Å². The second-order valence-electron chi connectivity index (χ2n) is 6.95. The van der Waals surface area contributed by atoms with Gasteiger partial charge >= 0.3 is 0 Å². The molecule has 0 aromatic heterocycles. The molecule has 0 amide bonds. The number of aliphatic hydroxyl groups excluding tert-OH is 1. The summed E-state index contributed by atoms with van der Waals surface area (Å²) in [6.45, 7) is 6.33. The smallest absolute Gasteiger partial charge is 0.168 e. The van der Waals surface area contributed by atoms with E-state index in [4.69, 9.17) is 9.78 Å². The van der Waals surface area contributed by atoms with Gasteiger partial charge in [0.25, 0.3) is 0 Å². The minimum atomic E-state index is -0.842. The van der Waals surface area contributed by atoms with Crippen molar-refractivity contribution in [2.75, 3.05) is 0 Å². The fraction of sp³-hybridized carbons (Fsp3) is 0.929. The number of carbonyl (C=O) groups is 1. The number of rotatable bonds is 0. The first kappa shape index (κ1) is 12.6. The average Bonchev–Trinajstić information content (AvgIpc) is 2.33. The number of aliphatic hydroxyl groups is 1. The van der Waals surface area contributed by atoms with E-state index in [0.29, 0.717) is 12.8 Å². The van der Waals surface area contributed by atoms with Crippen molar-refractivity contribution >= 4 is 5.78 Å². The van der Waals surface area contributed by atoms with E-state index in [1.54, 1.807) is 0 Å². The highest BCUT2D eigenvalue weighted by atomic mass is 17.2. The van der Waals surface area contributed by atoms with Crippen molar-refractivity contribution in [2.45, 2.75) is 70.7 Å². The van der Waals surface area contributed by atoms with Gasteiger partial charge in [0.2, 0.25) is 0 Å². The molecule has 1 saturated heterocycles. The zero-order valence-corrected chi connectivity index (χ0v) is 11.4. The number of fused-ring (bicyclic) bond motifs is 1. The molecule has 3 fully saturated rings. The van der Waals surface area contributed by atoms with Gasteiger partial charge in [-0.1, -0.05) is 13.8 Å². The highest BCUT2D eigenvalue weighted by Crippen LogP contribution is 2.64. The third-order valence-electron chi connectivity index (χ3n) is 5.90. The minimum Gasteiger partial charge on any atom is -0.390 e. The van der Waals surface area contributed by atoms with E-state index < -0.39 is 11.7 Å². The zero-order valence-electron chi connectivity index (χ0n) is 11.4. The molecule has 18 heavy (non-hydrogen) atoms. The molecular formula is C14H22O4. The van der Waals surface area contributed by atoms with Crippen LogP contribution in [-0.4, -0.2) is 28.7 Å². The van der Waals surface area contributed by atoms with Gasteiger partial charge in [0.05, 0.1) is 6.10 Å². The van der Waals surface area contributed by atoms with E-state index in [1.807, 2.05) is 6.92 Å². The van der Waals surface area contributed by atoms with Gasteiger partial charge in [-0.25, -0.2) is 9.78 Å². The van der Waals surface area contributed by atoms with Gasteiger partial charge in [-0.2, -0.15) is 0 Å². The van der Waals surface area contributed by atoms with E-state index in [9.17, 15) is 9.90 Å². The fourth-order valence-electron chi connectivity index (χ4n) is 4.41.